The Labute approximate surface area is 180 Å². The first-order valence-corrected chi connectivity index (χ1v) is 10.6. The van der Waals surface area contributed by atoms with Gasteiger partial charge >= 0.3 is 0 Å². The van der Waals surface area contributed by atoms with Gasteiger partial charge in [0.15, 0.2) is 23.1 Å². The van der Waals surface area contributed by atoms with Gasteiger partial charge in [0.2, 0.25) is 5.43 Å². The molecule has 9 heteroatoms. The van der Waals surface area contributed by atoms with E-state index in [1.807, 2.05) is 24.3 Å². The molecule has 0 saturated heterocycles. The number of pyridine rings is 1. The average molecular weight is 441 g/mol. The highest BCUT2D eigenvalue weighted by Crippen LogP contribution is 2.43. The molecule has 0 saturated carbocycles. The predicted octanol–water partition coefficient (Wildman–Crippen LogP) is 3.17. The molecule has 0 bridgehead atoms. The molecule has 3 heterocycles. The summed E-state index contributed by atoms with van der Waals surface area (Å²) in [7, 11) is 0. The summed E-state index contributed by atoms with van der Waals surface area (Å²) >= 11 is 1.40. The van der Waals surface area contributed by atoms with Gasteiger partial charge in [0, 0.05) is 28.0 Å². The molecular formula is C22H17F2N3O3S. The molecule has 0 spiro atoms. The number of amides is 1. The van der Waals surface area contributed by atoms with Crippen molar-refractivity contribution in [2.45, 2.75) is 23.6 Å². The number of hydrogen-bond acceptors (Lipinski definition) is 5. The molecule has 2 aliphatic heterocycles. The molecule has 1 aromatic heterocycles. The number of aryl methyl sites for hydroxylation is 1. The van der Waals surface area contributed by atoms with E-state index in [4.69, 9.17) is 0 Å². The topological polar surface area (TPSA) is 74.6 Å². The normalized spacial score (nSPS) is 17.3. The van der Waals surface area contributed by atoms with Crippen molar-refractivity contribution in [3.63, 3.8) is 0 Å². The van der Waals surface area contributed by atoms with Crippen LogP contribution in [0.3, 0.4) is 0 Å². The molecule has 0 fully saturated rings. The van der Waals surface area contributed by atoms with E-state index < -0.39 is 34.8 Å². The van der Waals surface area contributed by atoms with E-state index in [0.29, 0.717) is 5.56 Å². The number of carbonyl (C=O) groups is 1. The van der Waals surface area contributed by atoms with Crippen LogP contribution in [0.5, 0.6) is 5.75 Å². The fourth-order valence-corrected chi connectivity index (χ4v) is 5.25. The molecule has 1 amide bonds. The third kappa shape index (κ3) is 2.91. The number of aromatic hydroxyl groups is 1. The maximum absolute atomic E-state index is 14.8. The smallest absolute Gasteiger partial charge is 0.275 e. The second-order valence-corrected chi connectivity index (χ2v) is 8.46. The largest absolute Gasteiger partial charge is 0.502 e. The third-order valence-electron chi connectivity index (χ3n) is 5.65. The SMILES string of the molecule is Cc1cn2c(c(O)c1=O)C(=O)NCN2[C@@H]1c2ccccc2SCc2c1ccc(F)c2F. The number of nitrogens with one attached hydrogen (secondary N) is 1. The third-order valence-corrected chi connectivity index (χ3v) is 6.76. The maximum atomic E-state index is 14.8. The average Bonchev–Trinajstić information content (AvgIpc) is 2.92. The van der Waals surface area contributed by atoms with Gasteiger partial charge in [-0.3, -0.25) is 19.3 Å². The number of thioether (sulfide) groups is 1. The van der Waals surface area contributed by atoms with Gasteiger partial charge in [-0.05, 0) is 30.2 Å². The number of carbonyl (C=O) groups excluding carboxylic acids is 1. The zero-order chi connectivity index (χ0) is 21.9. The minimum atomic E-state index is -0.923. The number of benzene rings is 2. The first kappa shape index (κ1) is 19.6. The summed E-state index contributed by atoms with van der Waals surface area (Å²) in [5.74, 6) is -2.82. The summed E-state index contributed by atoms with van der Waals surface area (Å²) in [5, 5.41) is 14.8. The summed E-state index contributed by atoms with van der Waals surface area (Å²) in [6.45, 7) is 1.58. The molecular weight excluding hydrogens is 424 g/mol. The first-order valence-electron chi connectivity index (χ1n) is 9.57. The Kier molecular flexibility index (Phi) is 4.51. The van der Waals surface area contributed by atoms with Gasteiger partial charge in [0.05, 0.1) is 6.04 Å². The lowest BCUT2D eigenvalue weighted by molar-refractivity contribution is 0.0915. The van der Waals surface area contributed by atoms with Crippen LogP contribution in [0.4, 0.5) is 8.78 Å². The molecule has 5 rings (SSSR count). The van der Waals surface area contributed by atoms with Gasteiger partial charge in [0.25, 0.3) is 5.91 Å². The number of aromatic nitrogens is 1. The summed E-state index contributed by atoms with van der Waals surface area (Å²) in [5.41, 5.74) is 1.06. The van der Waals surface area contributed by atoms with Crippen molar-refractivity contribution >= 4 is 17.7 Å². The van der Waals surface area contributed by atoms with Gasteiger partial charge in [-0.1, -0.05) is 24.3 Å². The fourth-order valence-electron chi connectivity index (χ4n) is 4.14. The molecule has 3 aromatic rings. The molecule has 2 aromatic carbocycles. The quantitative estimate of drug-likeness (QED) is 0.607. The van der Waals surface area contributed by atoms with E-state index in [0.717, 1.165) is 16.5 Å². The lowest BCUT2D eigenvalue weighted by Gasteiger charge is -2.40. The Morgan fingerprint density at radius 3 is 2.71 bits per heavy atom. The van der Waals surface area contributed by atoms with Crippen LogP contribution >= 0.6 is 11.8 Å². The lowest BCUT2D eigenvalue weighted by atomic mass is 9.94. The van der Waals surface area contributed by atoms with Crippen LogP contribution in [0.1, 0.15) is 38.8 Å². The molecule has 0 aliphatic carbocycles. The van der Waals surface area contributed by atoms with E-state index in [1.54, 1.807) is 18.0 Å². The van der Waals surface area contributed by atoms with Crippen molar-refractivity contribution in [2.24, 2.45) is 0 Å². The highest BCUT2D eigenvalue weighted by atomic mass is 32.2. The maximum Gasteiger partial charge on any atom is 0.275 e. The van der Waals surface area contributed by atoms with Crippen molar-refractivity contribution in [2.75, 3.05) is 11.7 Å². The Morgan fingerprint density at radius 2 is 1.90 bits per heavy atom. The van der Waals surface area contributed by atoms with Crippen molar-refractivity contribution in [3.05, 3.63) is 92.4 Å². The Bertz CT molecular complexity index is 1310. The summed E-state index contributed by atoms with van der Waals surface area (Å²) in [6, 6.07) is 9.57. The Balaban J connectivity index is 1.81. The van der Waals surface area contributed by atoms with Crippen LogP contribution in [0.25, 0.3) is 0 Å². The zero-order valence-corrected chi connectivity index (χ0v) is 17.2. The Morgan fingerprint density at radius 1 is 1.13 bits per heavy atom. The summed E-state index contributed by atoms with van der Waals surface area (Å²) in [4.78, 5) is 25.6. The van der Waals surface area contributed by atoms with E-state index in [2.05, 4.69) is 5.32 Å². The van der Waals surface area contributed by atoms with E-state index in [1.165, 1.54) is 22.6 Å². The van der Waals surface area contributed by atoms with Crippen molar-refractivity contribution < 1.29 is 18.7 Å². The molecule has 6 nitrogen and oxygen atoms in total. The number of halogens is 2. The zero-order valence-electron chi connectivity index (χ0n) is 16.4. The van der Waals surface area contributed by atoms with Crippen molar-refractivity contribution in [1.29, 1.82) is 0 Å². The molecule has 2 N–H and O–H groups in total. The van der Waals surface area contributed by atoms with Crippen LogP contribution in [-0.4, -0.2) is 22.4 Å². The van der Waals surface area contributed by atoms with Crippen molar-refractivity contribution in [3.8, 4) is 5.75 Å². The van der Waals surface area contributed by atoms with Gasteiger partial charge in [-0.2, -0.15) is 0 Å². The highest BCUT2D eigenvalue weighted by Gasteiger charge is 2.36. The van der Waals surface area contributed by atoms with E-state index in [9.17, 15) is 23.5 Å². The van der Waals surface area contributed by atoms with Gasteiger partial charge in [-0.15, -0.1) is 11.8 Å². The van der Waals surface area contributed by atoms with Gasteiger partial charge < -0.3 is 10.4 Å². The van der Waals surface area contributed by atoms with E-state index >= 15 is 0 Å². The van der Waals surface area contributed by atoms with Gasteiger partial charge in [-0.25, -0.2) is 8.78 Å². The highest BCUT2D eigenvalue weighted by molar-refractivity contribution is 7.98. The van der Waals surface area contributed by atoms with Crippen LogP contribution in [0, 0.1) is 18.6 Å². The second kappa shape index (κ2) is 7.12. The van der Waals surface area contributed by atoms with Crippen LogP contribution in [0.15, 0.2) is 52.3 Å². The molecule has 2 aliphatic rings. The first-order chi connectivity index (χ1) is 14.9. The minimum absolute atomic E-state index is 0.0374. The fraction of sp³-hybridized carbons (Fsp3) is 0.182. The number of fused-ring (bicyclic) bond motifs is 3. The molecule has 31 heavy (non-hydrogen) atoms. The summed E-state index contributed by atoms with van der Waals surface area (Å²) in [6.07, 6.45) is 1.48. The predicted molar refractivity (Wildman–Crippen MR) is 112 cm³/mol. The molecule has 0 unspecified atom stereocenters. The van der Waals surface area contributed by atoms with Crippen LogP contribution < -0.4 is 15.8 Å². The molecule has 158 valence electrons. The monoisotopic (exact) mass is 441 g/mol. The molecule has 1 atom stereocenters. The van der Waals surface area contributed by atoms with Crippen LogP contribution in [0.2, 0.25) is 0 Å². The standard InChI is InChI=1S/C22H17F2N3O3S/c1-11-8-26-19(21(29)20(11)28)22(30)25-10-27(26)18-12-6-7-15(23)17(24)14(12)9-31-16-5-3-2-4-13(16)18/h2-8,18,29H,9-10H2,1H3,(H,25,30)/t18-/m0/s1. The number of hydrogen-bond donors (Lipinski definition) is 2. The molecule has 0 radical (unpaired) electrons. The Hall–Kier alpha value is -3.33. The summed E-state index contributed by atoms with van der Waals surface area (Å²) < 4.78 is 30.3. The minimum Gasteiger partial charge on any atom is -0.502 e. The van der Waals surface area contributed by atoms with Crippen LogP contribution in [-0.2, 0) is 5.75 Å². The number of nitrogens with zero attached hydrogens (tertiary/aromatic N) is 2. The number of rotatable bonds is 1. The van der Waals surface area contributed by atoms with Gasteiger partial charge in [0.1, 0.15) is 6.67 Å². The lowest BCUT2D eigenvalue weighted by Crippen LogP contribution is -2.54. The van der Waals surface area contributed by atoms with Crippen molar-refractivity contribution in [1.82, 2.24) is 9.99 Å². The van der Waals surface area contributed by atoms with E-state index in [-0.39, 0.29) is 29.2 Å². The second-order valence-electron chi connectivity index (χ2n) is 7.44.